The van der Waals surface area contributed by atoms with E-state index in [1.54, 1.807) is 0 Å². The molecule has 1 aromatic carbocycles. The first-order chi connectivity index (χ1) is 8.28. The molecular weight excluding hydrogens is 218 g/mol. The molecule has 0 bridgehead atoms. The molecule has 0 aromatic heterocycles. The van der Waals surface area contributed by atoms with Crippen LogP contribution in [0.15, 0.2) is 30.3 Å². The van der Waals surface area contributed by atoms with Crippen LogP contribution in [0, 0.1) is 0 Å². The number of nitrogens with two attached hydrogens (primary N) is 1. The van der Waals surface area contributed by atoms with Gasteiger partial charge in [0.25, 0.3) is 0 Å². The highest BCUT2D eigenvalue weighted by atomic mass is 16.6. The van der Waals surface area contributed by atoms with Gasteiger partial charge in [-0.05, 0) is 5.56 Å². The Morgan fingerprint density at radius 3 is 2.76 bits per heavy atom. The summed E-state index contributed by atoms with van der Waals surface area (Å²) in [6.45, 7) is 0.984. The van der Waals surface area contributed by atoms with Crippen LogP contribution >= 0.6 is 0 Å². The van der Waals surface area contributed by atoms with Crippen LogP contribution < -0.4 is 5.73 Å². The average Bonchev–Trinajstić information content (AvgIpc) is 2.37. The molecular formula is C13H19NO3. The minimum absolute atomic E-state index is 0.0208. The van der Waals surface area contributed by atoms with Crippen molar-refractivity contribution in [3.05, 3.63) is 35.9 Å². The molecule has 3 atom stereocenters. The van der Waals surface area contributed by atoms with Crippen LogP contribution in [0.25, 0.3) is 0 Å². The van der Waals surface area contributed by atoms with Crippen LogP contribution in [0.4, 0.5) is 0 Å². The average molecular weight is 237 g/mol. The van der Waals surface area contributed by atoms with E-state index in [9.17, 15) is 5.11 Å². The molecule has 0 amide bonds. The van der Waals surface area contributed by atoms with E-state index in [2.05, 4.69) is 0 Å². The Hall–Kier alpha value is -0.940. The van der Waals surface area contributed by atoms with Gasteiger partial charge in [-0.15, -0.1) is 0 Å². The van der Waals surface area contributed by atoms with Crippen LogP contribution in [0.1, 0.15) is 18.4 Å². The molecule has 4 heteroatoms. The fourth-order valence-corrected chi connectivity index (χ4v) is 2.02. The highest BCUT2D eigenvalue weighted by Crippen LogP contribution is 2.21. The van der Waals surface area contributed by atoms with Gasteiger partial charge in [0.2, 0.25) is 0 Å². The first-order valence-corrected chi connectivity index (χ1v) is 5.97. The van der Waals surface area contributed by atoms with Gasteiger partial charge in [0.1, 0.15) is 0 Å². The third-order valence-corrected chi connectivity index (χ3v) is 2.93. The van der Waals surface area contributed by atoms with Gasteiger partial charge < -0.3 is 20.3 Å². The molecule has 94 valence electrons. The van der Waals surface area contributed by atoms with Crippen LogP contribution in [0.5, 0.6) is 0 Å². The maximum Gasteiger partial charge on any atom is 0.157 e. The van der Waals surface area contributed by atoms with Crippen molar-refractivity contribution in [2.45, 2.75) is 37.9 Å². The lowest BCUT2D eigenvalue weighted by Gasteiger charge is -2.32. The molecule has 1 saturated heterocycles. The molecule has 17 heavy (non-hydrogen) atoms. The summed E-state index contributed by atoms with van der Waals surface area (Å²) in [4.78, 5) is 0. The Morgan fingerprint density at radius 1 is 1.29 bits per heavy atom. The van der Waals surface area contributed by atoms with Crippen LogP contribution in [-0.4, -0.2) is 30.1 Å². The van der Waals surface area contributed by atoms with Crippen molar-refractivity contribution < 1.29 is 14.6 Å². The van der Waals surface area contributed by atoms with Crippen LogP contribution in [-0.2, 0) is 16.1 Å². The highest BCUT2D eigenvalue weighted by Gasteiger charge is 2.27. The second-order valence-corrected chi connectivity index (χ2v) is 4.34. The van der Waals surface area contributed by atoms with E-state index in [0.29, 0.717) is 19.6 Å². The molecule has 1 aliphatic rings. The SMILES string of the molecule is NCC1CC(OCc2ccccc2)CC(O)O1. The molecule has 2 rings (SSSR count). The lowest BCUT2D eigenvalue weighted by Crippen LogP contribution is -2.40. The van der Waals surface area contributed by atoms with E-state index in [-0.39, 0.29) is 12.2 Å². The van der Waals surface area contributed by atoms with Gasteiger partial charge in [0.15, 0.2) is 6.29 Å². The summed E-state index contributed by atoms with van der Waals surface area (Å²) in [6, 6.07) is 10.00. The number of rotatable bonds is 4. The van der Waals surface area contributed by atoms with E-state index < -0.39 is 6.29 Å². The molecule has 0 spiro atoms. The molecule has 0 radical (unpaired) electrons. The topological polar surface area (TPSA) is 64.7 Å². The predicted molar refractivity (Wildman–Crippen MR) is 64.2 cm³/mol. The summed E-state index contributed by atoms with van der Waals surface area (Å²) >= 11 is 0. The summed E-state index contributed by atoms with van der Waals surface area (Å²) in [7, 11) is 0. The smallest absolute Gasteiger partial charge is 0.157 e. The number of aliphatic hydroxyl groups is 1. The molecule has 1 fully saturated rings. The summed E-state index contributed by atoms with van der Waals surface area (Å²) < 4.78 is 11.0. The zero-order valence-corrected chi connectivity index (χ0v) is 9.79. The van der Waals surface area contributed by atoms with Gasteiger partial charge in [-0.2, -0.15) is 0 Å². The minimum atomic E-state index is -0.752. The summed E-state index contributed by atoms with van der Waals surface area (Å²) in [6.07, 6.45) is 0.439. The number of ether oxygens (including phenoxy) is 2. The van der Waals surface area contributed by atoms with Crippen LogP contribution in [0.2, 0.25) is 0 Å². The largest absolute Gasteiger partial charge is 0.373 e. The minimum Gasteiger partial charge on any atom is -0.373 e. The first kappa shape index (κ1) is 12.5. The van der Waals surface area contributed by atoms with Gasteiger partial charge in [-0.3, -0.25) is 0 Å². The zero-order valence-electron chi connectivity index (χ0n) is 9.79. The quantitative estimate of drug-likeness (QED) is 0.821. The fraction of sp³-hybridized carbons (Fsp3) is 0.538. The van der Waals surface area contributed by atoms with Crippen molar-refractivity contribution in [3.63, 3.8) is 0 Å². The van der Waals surface area contributed by atoms with E-state index in [0.717, 1.165) is 12.0 Å². The van der Waals surface area contributed by atoms with Crippen molar-refractivity contribution in [2.75, 3.05) is 6.54 Å². The number of aliphatic hydroxyl groups excluding tert-OH is 1. The molecule has 3 N–H and O–H groups in total. The summed E-state index contributed by atoms with van der Waals surface area (Å²) in [5.41, 5.74) is 6.68. The Bertz CT molecular complexity index is 331. The number of hydrogen-bond donors (Lipinski definition) is 2. The lowest BCUT2D eigenvalue weighted by atomic mass is 10.0. The molecule has 0 saturated carbocycles. The normalized spacial score (nSPS) is 29.2. The van der Waals surface area contributed by atoms with Crippen molar-refractivity contribution in [1.29, 1.82) is 0 Å². The Morgan fingerprint density at radius 2 is 2.06 bits per heavy atom. The third kappa shape index (κ3) is 3.78. The molecule has 3 unspecified atom stereocenters. The van der Waals surface area contributed by atoms with Gasteiger partial charge in [0.05, 0.1) is 18.8 Å². The van der Waals surface area contributed by atoms with Crippen molar-refractivity contribution in [3.8, 4) is 0 Å². The fourth-order valence-electron chi connectivity index (χ4n) is 2.02. The standard InChI is InChI=1S/C13H19NO3/c14-8-12-6-11(7-13(15)17-12)16-9-10-4-2-1-3-5-10/h1-5,11-13,15H,6-9,14H2. The summed E-state index contributed by atoms with van der Waals surface area (Å²) in [5, 5.41) is 9.52. The Balaban J connectivity index is 1.82. The van der Waals surface area contributed by atoms with E-state index in [4.69, 9.17) is 15.2 Å². The van der Waals surface area contributed by atoms with E-state index in [1.807, 2.05) is 30.3 Å². The van der Waals surface area contributed by atoms with E-state index in [1.165, 1.54) is 0 Å². The first-order valence-electron chi connectivity index (χ1n) is 5.97. The number of benzene rings is 1. The van der Waals surface area contributed by atoms with Crippen molar-refractivity contribution in [2.24, 2.45) is 5.73 Å². The molecule has 1 aliphatic heterocycles. The van der Waals surface area contributed by atoms with Gasteiger partial charge in [-0.25, -0.2) is 0 Å². The predicted octanol–water partition coefficient (Wildman–Crippen LogP) is 1.03. The number of hydrogen-bond acceptors (Lipinski definition) is 4. The molecule has 0 aliphatic carbocycles. The zero-order chi connectivity index (χ0) is 12.1. The third-order valence-electron chi connectivity index (χ3n) is 2.93. The Labute approximate surface area is 101 Å². The monoisotopic (exact) mass is 237 g/mol. The molecule has 1 aromatic rings. The molecule has 1 heterocycles. The van der Waals surface area contributed by atoms with E-state index >= 15 is 0 Å². The van der Waals surface area contributed by atoms with Crippen molar-refractivity contribution >= 4 is 0 Å². The summed E-state index contributed by atoms with van der Waals surface area (Å²) in [5.74, 6) is 0. The second kappa shape index (κ2) is 6.12. The Kier molecular flexibility index (Phi) is 4.50. The molecule has 4 nitrogen and oxygen atoms in total. The maximum atomic E-state index is 9.52. The van der Waals surface area contributed by atoms with Crippen molar-refractivity contribution in [1.82, 2.24) is 0 Å². The van der Waals surface area contributed by atoms with Gasteiger partial charge >= 0.3 is 0 Å². The van der Waals surface area contributed by atoms with Gasteiger partial charge in [0, 0.05) is 19.4 Å². The van der Waals surface area contributed by atoms with Gasteiger partial charge in [-0.1, -0.05) is 30.3 Å². The second-order valence-electron chi connectivity index (χ2n) is 4.34. The maximum absolute atomic E-state index is 9.52. The lowest BCUT2D eigenvalue weighted by molar-refractivity contribution is -0.196. The highest BCUT2D eigenvalue weighted by molar-refractivity contribution is 5.13. The van der Waals surface area contributed by atoms with Crippen LogP contribution in [0.3, 0.4) is 0 Å².